The van der Waals surface area contributed by atoms with Gasteiger partial charge in [-0.25, -0.2) is 4.39 Å². The highest BCUT2D eigenvalue weighted by Crippen LogP contribution is 2.19. The van der Waals surface area contributed by atoms with E-state index in [-0.39, 0.29) is 11.9 Å². The zero-order valence-corrected chi connectivity index (χ0v) is 9.89. The maximum atomic E-state index is 12.8. The third kappa shape index (κ3) is 2.68. The van der Waals surface area contributed by atoms with Crippen LogP contribution >= 0.6 is 0 Å². The molecule has 2 heterocycles. The van der Waals surface area contributed by atoms with Gasteiger partial charge < -0.3 is 5.32 Å². The molecule has 0 aromatic carbocycles. The Morgan fingerprint density at radius 2 is 2.24 bits per heavy atom. The minimum absolute atomic E-state index is 0.0469. The van der Waals surface area contributed by atoms with Gasteiger partial charge in [-0.05, 0) is 18.7 Å². The van der Waals surface area contributed by atoms with Crippen LogP contribution in [0.15, 0.2) is 30.7 Å². The Morgan fingerprint density at radius 3 is 2.76 bits per heavy atom. The molecule has 4 nitrogen and oxygen atoms in total. The number of nitrogens with zero attached hydrogens (tertiary/aromatic N) is 3. The summed E-state index contributed by atoms with van der Waals surface area (Å²) in [7, 11) is 1.87. The van der Waals surface area contributed by atoms with Crippen LogP contribution < -0.4 is 5.32 Å². The van der Waals surface area contributed by atoms with E-state index in [2.05, 4.69) is 15.4 Å². The van der Waals surface area contributed by atoms with Crippen LogP contribution in [0.25, 0.3) is 0 Å². The molecule has 1 atom stereocenters. The van der Waals surface area contributed by atoms with Crippen molar-refractivity contribution in [2.24, 2.45) is 7.05 Å². The quantitative estimate of drug-likeness (QED) is 0.874. The van der Waals surface area contributed by atoms with Gasteiger partial charge in [-0.15, -0.1) is 0 Å². The van der Waals surface area contributed by atoms with Crippen LogP contribution in [0.4, 0.5) is 4.39 Å². The summed E-state index contributed by atoms with van der Waals surface area (Å²) in [5.74, 6) is -0.324. The third-order valence-corrected chi connectivity index (χ3v) is 2.51. The predicted octanol–water partition coefficient (Wildman–Crippen LogP) is 1.65. The lowest BCUT2D eigenvalue weighted by Gasteiger charge is -2.15. The second-order valence-electron chi connectivity index (χ2n) is 3.84. The number of hydrogen-bond acceptors (Lipinski definition) is 3. The topological polar surface area (TPSA) is 42.7 Å². The number of aromatic nitrogens is 3. The highest BCUT2D eigenvalue weighted by atomic mass is 19.1. The Morgan fingerprint density at radius 1 is 1.41 bits per heavy atom. The van der Waals surface area contributed by atoms with E-state index in [4.69, 9.17) is 0 Å². The summed E-state index contributed by atoms with van der Waals surface area (Å²) >= 11 is 0. The van der Waals surface area contributed by atoms with Crippen molar-refractivity contribution in [2.45, 2.75) is 13.0 Å². The molecule has 0 radical (unpaired) electrons. The lowest BCUT2D eigenvalue weighted by Crippen LogP contribution is -2.22. The summed E-state index contributed by atoms with van der Waals surface area (Å²) in [6.45, 7) is 2.82. The average molecular weight is 234 g/mol. The maximum absolute atomic E-state index is 12.8. The molecule has 1 N–H and O–H groups in total. The Bertz CT molecular complexity index is 478. The molecular weight excluding hydrogens is 219 g/mol. The fourth-order valence-electron chi connectivity index (χ4n) is 1.74. The van der Waals surface area contributed by atoms with Crippen LogP contribution in [0.2, 0.25) is 0 Å². The smallest absolute Gasteiger partial charge is 0.141 e. The van der Waals surface area contributed by atoms with Crippen LogP contribution in [0, 0.1) is 5.82 Å². The molecule has 0 amide bonds. The fraction of sp³-hybridized carbons (Fsp3) is 0.333. The number of rotatable bonds is 4. The van der Waals surface area contributed by atoms with Crippen molar-refractivity contribution in [3.8, 4) is 0 Å². The molecule has 0 spiro atoms. The van der Waals surface area contributed by atoms with E-state index in [1.54, 1.807) is 16.9 Å². The molecule has 0 saturated heterocycles. The first-order chi connectivity index (χ1) is 8.20. The number of hydrogen-bond donors (Lipinski definition) is 1. The summed E-state index contributed by atoms with van der Waals surface area (Å²) in [6.07, 6.45) is 4.95. The second kappa shape index (κ2) is 5.05. The summed E-state index contributed by atoms with van der Waals surface area (Å²) in [4.78, 5) is 4.11. The van der Waals surface area contributed by atoms with Crippen molar-refractivity contribution in [3.63, 3.8) is 0 Å². The highest BCUT2D eigenvalue weighted by Gasteiger charge is 2.15. The van der Waals surface area contributed by atoms with E-state index in [9.17, 15) is 4.39 Å². The van der Waals surface area contributed by atoms with Gasteiger partial charge in [-0.3, -0.25) is 9.67 Å². The number of nitrogens with one attached hydrogen (secondary N) is 1. The van der Waals surface area contributed by atoms with Gasteiger partial charge in [0.25, 0.3) is 0 Å². The van der Waals surface area contributed by atoms with E-state index in [0.717, 1.165) is 17.8 Å². The molecule has 2 aromatic rings. The van der Waals surface area contributed by atoms with Crippen molar-refractivity contribution >= 4 is 0 Å². The first-order valence-corrected chi connectivity index (χ1v) is 5.54. The van der Waals surface area contributed by atoms with Gasteiger partial charge in [0.05, 0.1) is 24.1 Å². The van der Waals surface area contributed by atoms with Crippen molar-refractivity contribution < 1.29 is 4.39 Å². The molecular formula is C12H15FN4. The third-order valence-electron chi connectivity index (χ3n) is 2.51. The zero-order valence-electron chi connectivity index (χ0n) is 9.89. The van der Waals surface area contributed by atoms with Crippen molar-refractivity contribution in [3.05, 3.63) is 47.8 Å². The van der Waals surface area contributed by atoms with Crippen LogP contribution in [-0.2, 0) is 7.05 Å². The monoisotopic (exact) mass is 234 g/mol. The van der Waals surface area contributed by atoms with E-state index in [1.807, 2.05) is 20.2 Å². The summed E-state index contributed by atoms with van der Waals surface area (Å²) in [6, 6.07) is 3.06. The largest absolute Gasteiger partial charge is 0.305 e. The minimum Gasteiger partial charge on any atom is -0.305 e. The van der Waals surface area contributed by atoms with E-state index < -0.39 is 0 Å². The summed E-state index contributed by atoms with van der Waals surface area (Å²) < 4.78 is 14.6. The first-order valence-electron chi connectivity index (χ1n) is 5.54. The maximum Gasteiger partial charge on any atom is 0.141 e. The fourth-order valence-corrected chi connectivity index (χ4v) is 1.74. The van der Waals surface area contributed by atoms with Crippen molar-refractivity contribution in [1.82, 2.24) is 20.1 Å². The van der Waals surface area contributed by atoms with Gasteiger partial charge >= 0.3 is 0 Å². The van der Waals surface area contributed by atoms with Crippen LogP contribution in [0.5, 0.6) is 0 Å². The van der Waals surface area contributed by atoms with Gasteiger partial charge in [0.1, 0.15) is 5.82 Å². The van der Waals surface area contributed by atoms with E-state index >= 15 is 0 Å². The molecule has 0 aliphatic rings. The van der Waals surface area contributed by atoms with Crippen LogP contribution in [0.1, 0.15) is 24.2 Å². The Labute approximate surface area is 99.5 Å². The first kappa shape index (κ1) is 11.7. The van der Waals surface area contributed by atoms with Crippen LogP contribution in [0.3, 0.4) is 0 Å². The molecule has 2 aromatic heterocycles. The Hall–Kier alpha value is -1.75. The van der Waals surface area contributed by atoms with Gasteiger partial charge in [0.2, 0.25) is 0 Å². The molecule has 0 bridgehead atoms. The molecule has 5 heteroatoms. The van der Waals surface area contributed by atoms with E-state index in [0.29, 0.717) is 0 Å². The molecule has 17 heavy (non-hydrogen) atoms. The molecule has 0 aliphatic heterocycles. The zero-order chi connectivity index (χ0) is 12.3. The average Bonchev–Trinajstić information content (AvgIpc) is 2.74. The molecule has 0 saturated carbocycles. The van der Waals surface area contributed by atoms with Gasteiger partial charge in [-0.1, -0.05) is 6.92 Å². The van der Waals surface area contributed by atoms with Crippen molar-refractivity contribution in [1.29, 1.82) is 0 Å². The molecule has 1 unspecified atom stereocenters. The van der Waals surface area contributed by atoms with Crippen molar-refractivity contribution in [2.75, 3.05) is 6.54 Å². The Kier molecular flexibility index (Phi) is 3.49. The number of halogens is 1. The Balaban J connectivity index is 2.31. The van der Waals surface area contributed by atoms with Gasteiger partial charge in [-0.2, -0.15) is 5.10 Å². The lowest BCUT2D eigenvalue weighted by molar-refractivity contribution is 0.594. The van der Waals surface area contributed by atoms with Gasteiger partial charge in [0.15, 0.2) is 0 Å². The molecule has 0 aliphatic carbocycles. The number of pyridine rings is 1. The SMILES string of the molecule is CCNC(c1cnn(C)c1)c1ccc(F)cn1. The van der Waals surface area contributed by atoms with Crippen LogP contribution in [-0.4, -0.2) is 21.3 Å². The standard InChI is InChI=1S/C12H15FN4/c1-3-14-12(9-6-16-17(2)8-9)11-5-4-10(13)7-15-11/h4-8,12,14H,3H2,1-2H3. The summed E-state index contributed by atoms with van der Waals surface area (Å²) in [5, 5.41) is 7.45. The molecule has 90 valence electrons. The number of aryl methyl sites for hydroxylation is 1. The molecule has 0 fully saturated rings. The lowest BCUT2D eigenvalue weighted by atomic mass is 10.1. The second-order valence-corrected chi connectivity index (χ2v) is 3.84. The highest BCUT2D eigenvalue weighted by molar-refractivity contribution is 5.23. The van der Waals surface area contributed by atoms with Gasteiger partial charge in [0, 0.05) is 18.8 Å². The normalized spacial score (nSPS) is 12.6. The molecule has 2 rings (SSSR count). The minimum atomic E-state index is -0.324. The predicted molar refractivity (Wildman–Crippen MR) is 62.9 cm³/mol. The summed E-state index contributed by atoms with van der Waals surface area (Å²) in [5.41, 5.74) is 1.81. The van der Waals surface area contributed by atoms with E-state index in [1.165, 1.54) is 12.3 Å².